The minimum absolute atomic E-state index is 0.264. The summed E-state index contributed by atoms with van der Waals surface area (Å²) in [6, 6.07) is 8.47. The molecule has 7 heteroatoms. The van der Waals surface area contributed by atoms with E-state index >= 15 is 0 Å². The van der Waals surface area contributed by atoms with Crippen molar-refractivity contribution in [3.05, 3.63) is 42.1 Å². The van der Waals surface area contributed by atoms with Gasteiger partial charge < -0.3 is 0 Å². The van der Waals surface area contributed by atoms with Gasteiger partial charge in [0.2, 0.25) is 10.0 Å². The number of nitrogens with zero attached hydrogens (tertiary/aromatic N) is 1. The van der Waals surface area contributed by atoms with E-state index in [-0.39, 0.29) is 4.31 Å². The molecule has 0 amide bonds. The Morgan fingerprint density at radius 1 is 1.22 bits per heavy atom. The molecule has 0 unspecified atom stereocenters. The first-order valence-electron chi connectivity index (χ1n) is 4.95. The van der Waals surface area contributed by atoms with Crippen molar-refractivity contribution in [2.24, 2.45) is 0 Å². The van der Waals surface area contributed by atoms with Crippen molar-refractivity contribution in [2.75, 3.05) is 12.8 Å². The summed E-state index contributed by atoms with van der Waals surface area (Å²) in [4.78, 5) is 0. The fraction of sp³-hybridized carbons (Fsp3) is 0.273. The lowest BCUT2D eigenvalue weighted by atomic mass is 10.2. The van der Waals surface area contributed by atoms with Gasteiger partial charge in [0.05, 0.1) is 6.26 Å². The maximum absolute atomic E-state index is 12.2. The molecule has 0 spiro atoms. The highest BCUT2D eigenvalue weighted by Crippen LogP contribution is 2.19. The predicted octanol–water partition coefficient (Wildman–Crippen LogP) is 2.48. The second-order valence-electron chi connectivity index (χ2n) is 3.65. The molecule has 0 heterocycles. The van der Waals surface area contributed by atoms with Crippen LogP contribution in [-0.4, -0.2) is 31.7 Å². The first-order valence-corrected chi connectivity index (χ1v) is 6.80. The molecule has 100 valence electrons. The van der Waals surface area contributed by atoms with Gasteiger partial charge in [-0.15, -0.1) is 0 Å². The number of benzene rings is 1. The Morgan fingerprint density at radius 3 is 2.22 bits per heavy atom. The number of sulfonamides is 1. The van der Waals surface area contributed by atoms with Crippen LogP contribution < -0.4 is 0 Å². The molecule has 1 rings (SSSR count). The van der Waals surface area contributed by atoms with Gasteiger partial charge in [0.1, 0.15) is 6.54 Å². The Morgan fingerprint density at radius 2 is 1.78 bits per heavy atom. The largest absolute Gasteiger partial charge is 0.407 e. The summed E-state index contributed by atoms with van der Waals surface area (Å²) in [6.07, 6.45) is -1.62. The van der Waals surface area contributed by atoms with Gasteiger partial charge in [-0.05, 0) is 11.6 Å². The molecule has 1 aromatic carbocycles. The number of halogens is 3. The Bertz CT molecular complexity index is 509. The first kappa shape index (κ1) is 14.6. The third-order valence-electron chi connectivity index (χ3n) is 1.99. The molecule has 0 fully saturated rings. The first-order chi connectivity index (χ1) is 8.18. The summed E-state index contributed by atoms with van der Waals surface area (Å²) >= 11 is 0. The van der Waals surface area contributed by atoms with E-state index < -0.39 is 22.7 Å². The van der Waals surface area contributed by atoms with Crippen molar-refractivity contribution < 1.29 is 21.6 Å². The zero-order valence-corrected chi connectivity index (χ0v) is 10.4. The van der Waals surface area contributed by atoms with E-state index in [1.165, 1.54) is 6.08 Å². The van der Waals surface area contributed by atoms with Gasteiger partial charge in [-0.25, -0.2) is 8.42 Å². The predicted molar refractivity (Wildman–Crippen MR) is 63.1 cm³/mol. The average Bonchev–Trinajstić information content (AvgIpc) is 2.22. The van der Waals surface area contributed by atoms with Crippen LogP contribution in [0.5, 0.6) is 0 Å². The van der Waals surface area contributed by atoms with Crippen LogP contribution in [0, 0.1) is 0 Å². The summed E-state index contributed by atoms with van der Waals surface area (Å²) in [5.74, 6) is 0. The molecule has 0 aromatic heterocycles. The molecule has 1 aromatic rings. The highest BCUT2D eigenvalue weighted by molar-refractivity contribution is 7.88. The number of hydrogen-bond acceptors (Lipinski definition) is 2. The Hall–Kier alpha value is -1.50. The molecule has 18 heavy (non-hydrogen) atoms. The molecule has 0 saturated heterocycles. The van der Waals surface area contributed by atoms with Gasteiger partial charge in [0.15, 0.2) is 0 Å². The van der Waals surface area contributed by atoms with Gasteiger partial charge in [-0.2, -0.15) is 13.2 Å². The lowest BCUT2D eigenvalue weighted by Gasteiger charge is -2.19. The molecule has 0 aliphatic carbocycles. The highest BCUT2D eigenvalue weighted by Gasteiger charge is 2.32. The van der Waals surface area contributed by atoms with Crippen LogP contribution in [0.3, 0.4) is 0 Å². The Balaban J connectivity index is 2.90. The molecular weight excluding hydrogens is 267 g/mol. The van der Waals surface area contributed by atoms with E-state index in [2.05, 4.69) is 0 Å². The van der Waals surface area contributed by atoms with Gasteiger partial charge in [0, 0.05) is 6.20 Å². The van der Waals surface area contributed by atoms with Crippen LogP contribution in [0.15, 0.2) is 36.5 Å². The zero-order chi connectivity index (χ0) is 13.8. The fourth-order valence-corrected chi connectivity index (χ4v) is 1.85. The minimum Gasteiger partial charge on any atom is -0.268 e. The number of hydrogen-bond donors (Lipinski definition) is 0. The number of rotatable bonds is 4. The van der Waals surface area contributed by atoms with E-state index in [1.807, 2.05) is 0 Å². The molecular formula is C11H12F3NO2S. The molecule has 0 bridgehead atoms. The number of alkyl halides is 3. The van der Waals surface area contributed by atoms with Crippen molar-refractivity contribution in [1.82, 2.24) is 4.31 Å². The molecule has 3 nitrogen and oxygen atoms in total. The molecule has 0 radical (unpaired) electrons. The van der Waals surface area contributed by atoms with Gasteiger partial charge in [-0.1, -0.05) is 30.3 Å². The Labute approximate surface area is 104 Å². The van der Waals surface area contributed by atoms with E-state index in [4.69, 9.17) is 0 Å². The van der Waals surface area contributed by atoms with Gasteiger partial charge in [0.25, 0.3) is 0 Å². The third kappa shape index (κ3) is 5.22. The SMILES string of the molecule is CS(=O)(=O)N(C=Cc1ccccc1)CC(F)(F)F. The molecule has 0 N–H and O–H groups in total. The van der Waals surface area contributed by atoms with Gasteiger partial charge in [-0.3, -0.25) is 4.31 Å². The van der Waals surface area contributed by atoms with Crippen LogP contribution in [0.4, 0.5) is 13.2 Å². The van der Waals surface area contributed by atoms with E-state index in [0.717, 1.165) is 12.5 Å². The van der Waals surface area contributed by atoms with E-state index in [9.17, 15) is 21.6 Å². The summed E-state index contributed by atoms with van der Waals surface area (Å²) in [7, 11) is -3.94. The Kier molecular flexibility index (Phi) is 4.39. The summed E-state index contributed by atoms with van der Waals surface area (Å²) in [6.45, 7) is -1.53. The standard InChI is InChI=1S/C11H12F3NO2S/c1-18(16,17)15(9-11(12,13)14)8-7-10-5-3-2-4-6-10/h2-8H,9H2,1H3. The fourth-order valence-electron chi connectivity index (χ4n) is 1.19. The molecule has 0 aliphatic rings. The maximum atomic E-state index is 12.2. The van der Waals surface area contributed by atoms with Crippen LogP contribution >= 0.6 is 0 Å². The van der Waals surface area contributed by atoms with Crippen molar-refractivity contribution >= 4 is 16.1 Å². The van der Waals surface area contributed by atoms with E-state index in [0.29, 0.717) is 5.56 Å². The van der Waals surface area contributed by atoms with Crippen molar-refractivity contribution in [3.8, 4) is 0 Å². The van der Waals surface area contributed by atoms with Crippen LogP contribution in [0.25, 0.3) is 6.08 Å². The quantitative estimate of drug-likeness (QED) is 0.849. The zero-order valence-electron chi connectivity index (χ0n) is 9.55. The molecule has 0 aliphatic heterocycles. The van der Waals surface area contributed by atoms with Crippen LogP contribution in [0.2, 0.25) is 0 Å². The van der Waals surface area contributed by atoms with Crippen molar-refractivity contribution in [2.45, 2.75) is 6.18 Å². The second-order valence-corrected chi connectivity index (χ2v) is 5.58. The second kappa shape index (κ2) is 5.43. The smallest absolute Gasteiger partial charge is 0.268 e. The topological polar surface area (TPSA) is 37.4 Å². The van der Waals surface area contributed by atoms with Crippen LogP contribution in [0.1, 0.15) is 5.56 Å². The molecule has 0 saturated carbocycles. The lowest BCUT2D eigenvalue weighted by Crippen LogP contribution is -2.34. The normalized spacial score (nSPS) is 12.9. The summed E-state index contributed by atoms with van der Waals surface area (Å²) in [5, 5.41) is 0. The summed E-state index contributed by atoms with van der Waals surface area (Å²) < 4.78 is 59.3. The maximum Gasteiger partial charge on any atom is 0.407 e. The lowest BCUT2D eigenvalue weighted by molar-refractivity contribution is -0.132. The summed E-state index contributed by atoms with van der Waals surface area (Å²) in [5.41, 5.74) is 0.619. The highest BCUT2D eigenvalue weighted by atomic mass is 32.2. The third-order valence-corrected chi connectivity index (χ3v) is 3.10. The van der Waals surface area contributed by atoms with Gasteiger partial charge >= 0.3 is 6.18 Å². The monoisotopic (exact) mass is 279 g/mol. The average molecular weight is 279 g/mol. The van der Waals surface area contributed by atoms with E-state index in [1.54, 1.807) is 30.3 Å². The van der Waals surface area contributed by atoms with Crippen molar-refractivity contribution in [3.63, 3.8) is 0 Å². The van der Waals surface area contributed by atoms with Crippen molar-refractivity contribution in [1.29, 1.82) is 0 Å². The van der Waals surface area contributed by atoms with Crippen LogP contribution in [-0.2, 0) is 10.0 Å². The minimum atomic E-state index is -4.58. The molecule has 0 atom stereocenters.